The minimum absolute atomic E-state index is 0.614. The maximum Gasteiger partial charge on any atom is 0.164 e. The van der Waals surface area contributed by atoms with Crippen LogP contribution in [0.15, 0.2) is 212 Å². The molecule has 0 atom stereocenters. The Balaban J connectivity index is 1.25. The molecular weight excluding hydrogens is 655 g/mol. The van der Waals surface area contributed by atoms with Gasteiger partial charge < -0.3 is 0 Å². The lowest BCUT2D eigenvalue weighted by atomic mass is 9.88. The van der Waals surface area contributed by atoms with Crippen LogP contribution >= 0.6 is 0 Å². The maximum atomic E-state index is 5.25. The Morgan fingerprint density at radius 2 is 0.519 bits per heavy atom. The molecule has 0 N–H and O–H groups in total. The lowest BCUT2D eigenvalue weighted by Gasteiger charge is -2.17. The summed E-state index contributed by atoms with van der Waals surface area (Å²) in [6.45, 7) is 0. The van der Waals surface area contributed by atoms with Crippen LogP contribution in [-0.2, 0) is 0 Å². The highest BCUT2D eigenvalue weighted by molar-refractivity contribution is 5.93. The standard InChI is InChI=1S/C51H35N3/c1-5-17-36(18-6-1)37-29-31-41(32-30-37)49-52-50(54-51(53-49)47-28-16-14-26-44(47)39-21-9-3-10-22-39)42-33-34-45(40-23-11-4-12-24-40)48(35-42)46-27-15-13-25-43(46)38-19-7-2-8-20-38/h1-35H. The summed E-state index contributed by atoms with van der Waals surface area (Å²) in [4.78, 5) is 15.6. The van der Waals surface area contributed by atoms with Crippen LogP contribution in [0.4, 0.5) is 0 Å². The van der Waals surface area contributed by atoms with Crippen molar-refractivity contribution in [3.8, 4) is 89.8 Å². The number of aromatic nitrogens is 3. The van der Waals surface area contributed by atoms with Crippen LogP contribution in [-0.4, -0.2) is 15.0 Å². The highest BCUT2D eigenvalue weighted by Crippen LogP contribution is 2.41. The van der Waals surface area contributed by atoms with Gasteiger partial charge in [-0.15, -0.1) is 0 Å². The second-order valence-corrected chi connectivity index (χ2v) is 13.2. The summed E-state index contributed by atoms with van der Waals surface area (Å²) in [5, 5.41) is 0. The van der Waals surface area contributed by atoms with Crippen LogP contribution in [0, 0.1) is 0 Å². The minimum atomic E-state index is 0.614. The van der Waals surface area contributed by atoms with E-state index in [1.54, 1.807) is 0 Å². The number of benzene rings is 8. The molecule has 54 heavy (non-hydrogen) atoms. The Labute approximate surface area is 316 Å². The van der Waals surface area contributed by atoms with E-state index in [0.29, 0.717) is 17.5 Å². The van der Waals surface area contributed by atoms with Crippen LogP contribution in [0.3, 0.4) is 0 Å². The second kappa shape index (κ2) is 14.8. The van der Waals surface area contributed by atoms with Crippen LogP contribution in [0.25, 0.3) is 89.8 Å². The average Bonchev–Trinajstić information content (AvgIpc) is 3.27. The van der Waals surface area contributed by atoms with E-state index >= 15 is 0 Å². The molecule has 0 unspecified atom stereocenters. The predicted molar refractivity (Wildman–Crippen MR) is 223 cm³/mol. The first-order valence-corrected chi connectivity index (χ1v) is 18.2. The SMILES string of the molecule is c1ccc(-c2ccc(-c3nc(-c4ccc(-c5ccccc5)c(-c5ccccc5-c5ccccc5)c4)nc(-c4ccccc4-c4ccccc4)n3)cc2)cc1. The van der Waals surface area contributed by atoms with Gasteiger partial charge in [-0.2, -0.15) is 0 Å². The summed E-state index contributed by atoms with van der Waals surface area (Å²) in [6, 6.07) is 74.1. The monoisotopic (exact) mass is 689 g/mol. The molecule has 9 aromatic rings. The fourth-order valence-electron chi connectivity index (χ4n) is 7.11. The van der Waals surface area contributed by atoms with Gasteiger partial charge in [0, 0.05) is 16.7 Å². The van der Waals surface area contributed by atoms with Crippen LogP contribution in [0.2, 0.25) is 0 Å². The summed E-state index contributed by atoms with van der Waals surface area (Å²) >= 11 is 0. The predicted octanol–water partition coefficient (Wildman–Crippen LogP) is 13.2. The normalized spacial score (nSPS) is 11.0. The summed E-state index contributed by atoms with van der Waals surface area (Å²) in [5.74, 6) is 1.86. The topological polar surface area (TPSA) is 38.7 Å². The van der Waals surface area contributed by atoms with Crippen LogP contribution < -0.4 is 0 Å². The molecule has 254 valence electrons. The van der Waals surface area contributed by atoms with Crippen LogP contribution in [0.5, 0.6) is 0 Å². The summed E-state index contributed by atoms with van der Waals surface area (Å²) in [7, 11) is 0. The van der Waals surface area contributed by atoms with E-state index in [2.05, 4.69) is 194 Å². The lowest BCUT2D eigenvalue weighted by molar-refractivity contribution is 1.07. The quantitative estimate of drug-likeness (QED) is 0.159. The lowest BCUT2D eigenvalue weighted by Crippen LogP contribution is -2.01. The third-order valence-electron chi connectivity index (χ3n) is 9.80. The molecule has 0 aliphatic heterocycles. The van der Waals surface area contributed by atoms with E-state index in [-0.39, 0.29) is 0 Å². The number of rotatable bonds is 8. The van der Waals surface area contributed by atoms with Gasteiger partial charge >= 0.3 is 0 Å². The van der Waals surface area contributed by atoms with Gasteiger partial charge in [-0.25, -0.2) is 15.0 Å². The molecule has 0 saturated carbocycles. The van der Waals surface area contributed by atoms with Crippen molar-refractivity contribution in [2.24, 2.45) is 0 Å². The van der Waals surface area contributed by atoms with Gasteiger partial charge in [0.05, 0.1) is 0 Å². The van der Waals surface area contributed by atoms with Gasteiger partial charge in [-0.1, -0.05) is 206 Å². The third-order valence-corrected chi connectivity index (χ3v) is 9.80. The first kappa shape index (κ1) is 32.7. The number of hydrogen-bond donors (Lipinski definition) is 0. The Kier molecular flexibility index (Phi) is 8.94. The minimum Gasteiger partial charge on any atom is -0.208 e. The molecule has 0 saturated heterocycles. The summed E-state index contributed by atoms with van der Waals surface area (Å²) in [6.07, 6.45) is 0. The Morgan fingerprint density at radius 3 is 1.06 bits per heavy atom. The molecule has 0 fully saturated rings. The molecule has 3 nitrogen and oxygen atoms in total. The highest BCUT2D eigenvalue weighted by atomic mass is 15.0. The molecule has 0 aliphatic rings. The van der Waals surface area contributed by atoms with Crippen molar-refractivity contribution in [2.75, 3.05) is 0 Å². The van der Waals surface area contributed by atoms with Crippen LogP contribution in [0.1, 0.15) is 0 Å². The van der Waals surface area contributed by atoms with Crippen molar-refractivity contribution in [1.29, 1.82) is 0 Å². The molecule has 1 heterocycles. The smallest absolute Gasteiger partial charge is 0.164 e. The molecular formula is C51H35N3. The third kappa shape index (κ3) is 6.63. The Morgan fingerprint density at radius 1 is 0.185 bits per heavy atom. The molecule has 0 bridgehead atoms. The fourth-order valence-corrected chi connectivity index (χ4v) is 7.11. The van der Waals surface area contributed by atoms with E-state index in [0.717, 1.165) is 55.6 Å². The fraction of sp³-hybridized carbons (Fsp3) is 0. The van der Waals surface area contributed by atoms with Crippen molar-refractivity contribution in [3.63, 3.8) is 0 Å². The number of hydrogen-bond acceptors (Lipinski definition) is 3. The molecule has 8 aromatic carbocycles. The second-order valence-electron chi connectivity index (χ2n) is 13.2. The van der Waals surface area contributed by atoms with E-state index in [9.17, 15) is 0 Å². The van der Waals surface area contributed by atoms with Crippen molar-refractivity contribution < 1.29 is 0 Å². The van der Waals surface area contributed by atoms with E-state index < -0.39 is 0 Å². The van der Waals surface area contributed by atoms with Gasteiger partial charge in [0.1, 0.15) is 0 Å². The average molecular weight is 690 g/mol. The maximum absolute atomic E-state index is 5.25. The Hall–Kier alpha value is -7.23. The molecule has 1 aromatic heterocycles. The van der Waals surface area contributed by atoms with E-state index in [1.165, 1.54) is 16.7 Å². The molecule has 3 heteroatoms. The first-order chi connectivity index (χ1) is 26.8. The molecule has 0 amide bonds. The van der Waals surface area contributed by atoms with Gasteiger partial charge in [-0.05, 0) is 61.7 Å². The first-order valence-electron chi connectivity index (χ1n) is 18.2. The molecule has 0 aliphatic carbocycles. The van der Waals surface area contributed by atoms with Crippen molar-refractivity contribution in [2.45, 2.75) is 0 Å². The molecule has 9 rings (SSSR count). The largest absolute Gasteiger partial charge is 0.208 e. The summed E-state index contributed by atoms with van der Waals surface area (Å²) in [5.41, 5.74) is 14.1. The van der Waals surface area contributed by atoms with Crippen molar-refractivity contribution in [3.05, 3.63) is 212 Å². The molecule has 0 spiro atoms. The van der Waals surface area contributed by atoms with E-state index in [1.807, 2.05) is 18.2 Å². The highest BCUT2D eigenvalue weighted by Gasteiger charge is 2.19. The van der Waals surface area contributed by atoms with Gasteiger partial charge in [0.2, 0.25) is 0 Å². The Bertz CT molecular complexity index is 2670. The van der Waals surface area contributed by atoms with Crippen molar-refractivity contribution >= 4 is 0 Å². The zero-order valence-corrected chi connectivity index (χ0v) is 29.5. The van der Waals surface area contributed by atoms with Gasteiger partial charge in [0.25, 0.3) is 0 Å². The van der Waals surface area contributed by atoms with Gasteiger partial charge in [-0.3, -0.25) is 0 Å². The van der Waals surface area contributed by atoms with Gasteiger partial charge in [0.15, 0.2) is 17.5 Å². The number of nitrogens with zero attached hydrogens (tertiary/aromatic N) is 3. The zero-order valence-electron chi connectivity index (χ0n) is 29.5. The summed E-state index contributed by atoms with van der Waals surface area (Å²) < 4.78 is 0. The molecule has 0 radical (unpaired) electrons. The van der Waals surface area contributed by atoms with Crippen molar-refractivity contribution in [1.82, 2.24) is 15.0 Å². The van der Waals surface area contributed by atoms with E-state index in [4.69, 9.17) is 15.0 Å². The zero-order chi connectivity index (χ0) is 36.1.